The fourth-order valence-corrected chi connectivity index (χ4v) is 2.25. The largest absolute Gasteiger partial charge is 0.356 e. The molecule has 5 nitrogen and oxygen atoms in total. The molecule has 0 saturated heterocycles. The van der Waals surface area contributed by atoms with Crippen LogP contribution in [0.15, 0.2) is 4.99 Å². The molecule has 0 aliphatic rings. The molecule has 0 radical (unpaired) electrons. The summed E-state index contributed by atoms with van der Waals surface area (Å²) in [5.74, 6) is 1.93. The molecule has 0 rings (SSSR count). The molecule has 0 spiro atoms. The Hall–Kier alpha value is -0.430. The maximum atomic E-state index is 11.0. The zero-order valence-corrected chi connectivity index (χ0v) is 12.6. The van der Waals surface area contributed by atoms with Crippen molar-refractivity contribution < 1.29 is 8.42 Å². The molecule has 0 saturated carbocycles. The van der Waals surface area contributed by atoms with Crippen molar-refractivity contribution in [3.8, 4) is 0 Å². The van der Waals surface area contributed by atoms with Gasteiger partial charge in [-0.25, -0.2) is 8.42 Å². The van der Waals surface area contributed by atoms with Crippen LogP contribution in [0, 0.1) is 0 Å². The van der Waals surface area contributed by atoms with Gasteiger partial charge in [0.05, 0.1) is 5.75 Å². The number of sulfone groups is 1. The Bertz CT molecular complexity index is 328. The maximum Gasteiger partial charge on any atom is 0.191 e. The normalized spacial score (nSPS) is 14.5. The Morgan fingerprint density at radius 2 is 2.12 bits per heavy atom. The number of aliphatic imine (C=N–C) groups is 1. The predicted molar refractivity (Wildman–Crippen MR) is 76.7 cm³/mol. The summed E-state index contributed by atoms with van der Waals surface area (Å²) < 4.78 is 22.1. The number of hydrogen-bond donors (Lipinski definition) is 2. The zero-order valence-electron chi connectivity index (χ0n) is 11.0. The Morgan fingerprint density at radius 1 is 1.47 bits per heavy atom. The van der Waals surface area contributed by atoms with Crippen LogP contribution in [0.1, 0.15) is 13.3 Å². The lowest BCUT2D eigenvalue weighted by atomic mass is 10.3. The van der Waals surface area contributed by atoms with Crippen LogP contribution >= 0.6 is 11.8 Å². The van der Waals surface area contributed by atoms with Crippen LogP contribution in [0.2, 0.25) is 0 Å². The van der Waals surface area contributed by atoms with E-state index in [1.165, 1.54) is 6.26 Å². The smallest absolute Gasteiger partial charge is 0.191 e. The third-order valence-corrected chi connectivity index (χ3v) is 3.72. The van der Waals surface area contributed by atoms with Gasteiger partial charge in [0.15, 0.2) is 5.96 Å². The number of guanidine groups is 1. The predicted octanol–water partition coefficient (Wildman–Crippen LogP) is 0.338. The van der Waals surface area contributed by atoms with Gasteiger partial charge in [-0.15, -0.1) is 0 Å². The standard InChI is InChI=1S/C10H23N3O2S2/c1-9(5-8-17(4,14)15)13-10(11-2)12-6-7-16-3/h9H,5-8H2,1-4H3,(H2,11,12,13). The molecule has 17 heavy (non-hydrogen) atoms. The molecule has 0 aromatic heterocycles. The van der Waals surface area contributed by atoms with E-state index in [0.717, 1.165) is 18.3 Å². The van der Waals surface area contributed by atoms with Gasteiger partial charge in [0, 0.05) is 31.6 Å². The Morgan fingerprint density at radius 3 is 2.59 bits per heavy atom. The average Bonchev–Trinajstić information content (AvgIpc) is 2.24. The molecule has 1 unspecified atom stereocenters. The first kappa shape index (κ1) is 16.6. The van der Waals surface area contributed by atoms with Crippen molar-refractivity contribution in [2.24, 2.45) is 4.99 Å². The molecule has 0 bridgehead atoms. The molecule has 0 aromatic carbocycles. The van der Waals surface area contributed by atoms with Crippen LogP contribution in [0.3, 0.4) is 0 Å². The van der Waals surface area contributed by atoms with Crippen molar-refractivity contribution >= 4 is 27.6 Å². The van der Waals surface area contributed by atoms with Gasteiger partial charge in [-0.2, -0.15) is 11.8 Å². The summed E-state index contributed by atoms with van der Waals surface area (Å²) in [6, 6.07) is 0.0882. The average molecular weight is 281 g/mol. The summed E-state index contributed by atoms with van der Waals surface area (Å²) >= 11 is 1.76. The fourth-order valence-electron chi connectivity index (χ4n) is 1.16. The lowest BCUT2D eigenvalue weighted by Gasteiger charge is -2.17. The molecule has 102 valence electrons. The summed E-state index contributed by atoms with van der Waals surface area (Å²) in [5, 5.41) is 6.33. The number of thioether (sulfide) groups is 1. The molecule has 0 heterocycles. The molecule has 0 aromatic rings. The Balaban J connectivity index is 3.95. The third kappa shape index (κ3) is 10.4. The van der Waals surface area contributed by atoms with Crippen LogP contribution < -0.4 is 10.6 Å². The first-order valence-electron chi connectivity index (χ1n) is 5.53. The number of hydrogen-bond acceptors (Lipinski definition) is 4. The number of nitrogens with one attached hydrogen (secondary N) is 2. The van der Waals surface area contributed by atoms with E-state index in [4.69, 9.17) is 0 Å². The Labute approximate surface area is 109 Å². The highest BCUT2D eigenvalue weighted by Crippen LogP contribution is 1.95. The molecule has 2 N–H and O–H groups in total. The lowest BCUT2D eigenvalue weighted by molar-refractivity contribution is 0.582. The van der Waals surface area contributed by atoms with Crippen molar-refractivity contribution in [2.75, 3.05) is 37.6 Å². The van der Waals surface area contributed by atoms with E-state index < -0.39 is 9.84 Å². The number of rotatable bonds is 7. The lowest BCUT2D eigenvalue weighted by Crippen LogP contribution is -2.43. The summed E-state index contributed by atoms with van der Waals surface area (Å²) in [7, 11) is -1.18. The van der Waals surface area contributed by atoms with Crippen LogP contribution in [-0.4, -0.2) is 58.0 Å². The van der Waals surface area contributed by atoms with Gasteiger partial charge in [-0.05, 0) is 19.6 Å². The van der Waals surface area contributed by atoms with Crippen LogP contribution in [0.4, 0.5) is 0 Å². The van der Waals surface area contributed by atoms with Gasteiger partial charge >= 0.3 is 0 Å². The summed E-state index contributed by atoms with van der Waals surface area (Å²) in [5.41, 5.74) is 0. The quantitative estimate of drug-likeness (QED) is 0.400. The van der Waals surface area contributed by atoms with Gasteiger partial charge in [0.25, 0.3) is 0 Å². The molecule has 0 aliphatic heterocycles. The molecule has 7 heteroatoms. The van der Waals surface area contributed by atoms with Crippen molar-refractivity contribution in [2.45, 2.75) is 19.4 Å². The summed E-state index contributed by atoms with van der Waals surface area (Å²) in [4.78, 5) is 4.08. The highest BCUT2D eigenvalue weighted by molar-refractivity contribution is 7.98. The minimum absolute atomic E-state index is 0.0882. The van der Waals surface area contributed by atoms with Gasteiger partial charge < -0.3 is 10.6 Å². The van der Waals surface area contributed by atoms with Crippen molar-refractivity contribution in [1.82, 2.24) is 10.6 Å². The fraction of sp³-hybridized carbons (Fsp3) is 0.900. The van der Waals surface area contributed by atoms with E-state index in [9.17, 15) is 8.42 Å². The van der Waals surface area contributed by atoms with Crippen molar-refractivity contribution in [1.29, 1.82) is 0 Å². The molecular formula is C10H23N3O2S2. The highest BCUT2D eigenvalue weighted by Gasteiger charge is 2.08. The topological polar surface area (TPSA) is 70.6 Å². The minimum Gasteiger partial charge on any atom is -0.356 e. The monoisotopic (exact) mass is 281 g/mol. The van der Waals surface area contributed by atoms with E-state index >= 15 is 0 Å². The second-order valence-corrected chi connectivity index (χ2v) is 7.20. The third-order valence-electron chi connectivity index (χ3n) is 2.13. The van der Waals surface area contributed by atoms with Gasteiger partial charge in [-0.1, -0.05) is 0 Å². The molecule has 0 aliphatic carbocycles. The zero-order chi connectivity index (χ0) is 13.3. The van der Waals surface area contributed by atoms with Crippen LogP contribution in [-0.2, 0) is 9.84 Å². The van der Waals surface area contributed by atoms with Crippen molar-refractivity contribution in [3.63, 3.8) is 0 Å². The SMILES string of the molecule is CN=C(NCCSC)NC(C)CCS(C)(=O)=O. The van der Waals surface area contributed by atoms with E-state index in [1.807, 2.05) is 13.2 Å². The first-order valence-corrected chi connectivity index (χ1v) is 8.98. The summed E-state index contributed by atoms with van der Waals surface area (Å²) in [6.07, 6.45) is 3.89. The molecule has 0 fully saturated rings. The van der Waals surface area contributed by atoms with Crippen LogP contribution in [0.5, 0.6) is 0 Å². The minimum atomic E-state index is -2.89. The van der Waals surface area contributed by atoms with Crippen LogP contribution in [0.25, 0.3) is 0 Å². The van der Waals surface area contributed by atoms with Crippen molar-refractivity contribution in [3.05, 3.63) is 0 Å². The molecular weight excluding hydrogens is 258 g/mol. The van der Waals surface area contributed by atoms with Gasteiger partial charge in [-0.3, -0.25) is 4.99 Å². The maximum absolute atomic E-state index is 11.0. The second-order valence-electron chi connectivity index (χ2n) is 3.96. The van der Waals surface area contributed by atoms with E-state index in [-0.39, 0.29) is 11.8 Å². The van der Waals surface area contributed by atoms with E-state index in [1.54, 1.807) is 18.8 Å². The number of nitrogens with zero attached hydrogens (tertiary/aromatic N) is 1. The molecule has 1 atom stereocenters. The first-order chi connectivity index (χ1) is 7.89. The highest BCUT2D eigenvalue weighted by atomic mass is 32.2. The summed E-state index contributed by atoms with van der Waals surface area (Å²) in [6.45, 7) is 2.80. The molecule has 0 amide bonds. The van der Waals surface area contributed by atoms with Gasteiger partial charge in [0.1, 0.15) is 9.84 Å². The van der Waals surface area contributed by atoms with E-state index in [0.29, 0.717) is 6.42 Å². The van der Waals surface area contributed by atoms with Gasteiger partial charge in [0.2, 0.25) is 0 Å². The van der Waals surface area contributed by atoms with E-state index in [2.05, 4.69) is 15.6 Å². The Kier molecular flexibility index (Phi) is 8.41. The second kappa shape index (κ2) is 8.63.